The summed E-state index contributed by atoms with van der Waals surface area (Å²) in [6, 6.07) is 6.79. The highest BCUT2D eigenvalue weighted by atomic mass is 35.5. The van der Waals surface area contributed by atoms with Crippen LogP contribution in [-0.4, -0.2) is 21.0 Å². The number of aromatic amines is 1. The van der Waals surface area contributed by atoms with Crippen molar-refractivity contribution in [2.45, 2.75) is 0 Å². The van der Waals surface area contributed by atoms with Crippen LogP contribution < -0.4 is 0 Å². The summed E-state index contributed by atoms with van der Waals surface area (Å²) in [6.07, 6.45) is 0. The highest BCUT2D eigenvalue weighted by molar-refractivity contribution is 7.14. The van der Waals surface area contributed by atoms with Gasteiger partial charge in [-0.1, -0.05) is 17.7 Å². The number of fused-ring (bicyclic) bond motifs is 1. The molecule has 4 nitrogen and oxygen atoms in total. The van der Waals surface area contributed by atoms with Crippen molar-refractivity contribution in [3.05, 3.63) is 40.2 Å². The van der Waals surface area contributed by atoms with Gasteiger partial charge in [0.05, 0.1) is 21.0 Å². The smallest absolute Gasteiger partial charge is 0.337 e. The van der Waals surface area contributed by atoms with Gasteiger partial charge < -0.3 is 10.1 Å². The fourth-order valence-corrected chi connectivity index (χ4v) is 2.86. The van der Waals surface area contributed by atoms with Gasteiger partial charge in [-0.15, -0.1) is 11.3 Å². The maximum Gasteiger partial charge on any atom is 0.337 e. The maximum atomic E-state index is 11.1. The summed E-state index contributed by atoms with van der Waals surface area (Å²) in [7, 11) is 0. The van der Waals surface area contributed by atoms with Gasteiger partial charge in [0, 0.05) is 0 Å². The average Bonchev–Trinajstić information content (AvgIpc) is 2.92. The second-order valence-corrected chi connectivity index (χ2v) is 5.01. The molecule has 2 heterocycles. The van der Waals surface area contributed by atoms with Crippen LogP contribution >= 0.6 is 22.9 Å². The standard InChI is InChI=1S/C12H7ClN2O2S/c13-7-4-5-18-10(7)11-14-8-3-1-2-6(12(16)17)9(8)15-11/h1-5H,(H,14,15)(H,16,17). The first-order valence-electron chi connectivity index (χ1n) is 5.12. The number of H-pyrrole nitrogens is 1. The van der Waals surface area contributed by atoms with E-state index in [1.54, 1.807) is 18.2 Å². The SMILES string of the molecule is O=C(O)c1cccc2[nH]c(-c3sccc3Cl)nc12. The molecule has 0 unspecified atom stereocenters. The topological polar surface area (TPSA) is 66.0 Å². The van der Waals surface area contributed by atoms with Crippen LogP contribution in [0, 0.1) is 0 Å². The molecule has 2 N–H and O–H groups in total. The lowest BCUT2D eigenvalue weighted by Gasteiger charge is -1.93. The van der Waals surface area contributed by atoms with Crippen LogP contribution in [0.4, 0.5) is 0 Å². The van der Waals surface area contributed by atoms with Crippen LogP contribution in [-0.2, 0) is 0 Å². The van der Waals surface area contributed by atoms with Crippen LogP contribution in [0.5, 0.6) is 0 Å². The van der Waals surface area contributed by atoms with Crippen LogP contribution in [0.1, 0.15) is 10.4 Å². The fourth-order valence-electron chi connectivity index (χ4n) is 1.77. The van der Waals surface area contributed by atoms with Gasteiger partial charge in [-0.25, -0.2) is 9.78 Å². The van der Waals surface area contributed by atoms with E-state index in [9.17, 15) is 4.79 Å². The number of hydrogen-bond donors (Lipinski definition) is 2. The van der Waals surface area contributed by atoms with E-state index in [0.717, 1.165) is 4.88 Å². The van der Waals surface area contributed by atoms with Crippen molar-refractivity contribution in [2.75, 3.05) is 0 Å². The number of nitrogens with zero attached hydrogens (tertiary/aromatic N) is 1. The minimum atomic E-state index is -0.990. The van der Waals surface area contributed by atoms with Gasteiger partial charge in [0.25, 0.3) is 0 Å². The molecule has 0 radical (unpaired) electrons. The van der Waals surface area contributed by atoms with Gasteiger partial charge in [-0.3, -0.25) is 0 Å². The number of carbonyl (C=O) groups is 1. The molecule has 0 fully saturated rings. The van der Waals surface area contributed by atoms with Gasteiger partial charge in [-0.2, -0.15) is 0 Å². The van der Waals surface area contributed by atoms with Crippen LogP contribution in [0.15, 0.2) is 29.6 Å². The number of benzene rings is 1. The molecule has 0 aliphatic carbocycles. The molecule has 0 spiro atoms. The second kappa shape index (κ2) is 4.12. The Balaban J connectivity index is 2.26. The number of thiophene rings is 1. The zero-order valence-electron chi connectivity index (χ0n) is 8.98. The van der Waals surface area contributed by atoms with E-state index in [1.165, 1.54) is 17.4 Å². The summed E-state index contributed by atoms with van der Waals surface area (Å²) < 4.78 is 0. The monoisotopic (exact) mass is 278 g/mol. The maximum absolute atomic E-state index is 11.1. The number of carboxylic acids is 1. The molecule has 0 saturated heterocycles. The van der Waals surface area contributed by atoms with Crippen molar-refractivity contribution >= 4 is 39.9 Å². The van der Waals surface area contributed by atoms with Crippen molar-refractivity contribution in [3.63, 3.8) is 0 Å². The normalized spacial score (nSPS) is 10.9. The summed E-state index contributed by atoms with van der Waals surface area (Å²) in [5.41, 5.74) is 1.32. The number of aromatic nitrogens is 2. The van der Waals surface area contributed by atoms with Gasteiger partial charge in [0.1, 0.15) is 11.3 Å². The molecule has 0 aliphatic heterocycles. The molecular formula is C12H7ClN2O2S. The third-order valence-corrected chi connectivity index (χ3v) is 3.92. The Kier molecular flexibility index (Phi) is 2.57. The van der Waals surface area contributed by atoms with E-state index < -0.39 is 5.97 Å². The van der Waals surface area contributed by atoms with E-state index >= 15 is 0 Å². The van der Waals surface area contributed by atoms with E-state index in [-0.39, 0.29) is 5.56 Å². The molecule has 3 rings (SSSR count). The van der Waals surface area contributed by atoms with Crippen molar-refractivity contribution < 1.29 is 9.90 Å². The van der Waals surface area contributed by atoms with Crippen molar-refractivity contribution in [1.82, 2.24) is 9.97 Å². The molecule has 3 aromatic rings. The minimum absolute atomic E-state index is 0.183. The first kappa shape index (κ1) is 11.3. The quantitative estimate of drug-likeness (QED) is 0.752. The predicted molar refractivity (Wildman–Crippen MR) is 71.4 cm³/mol. The van der Waals surface area contributed by atoms with Gasteiger partial charge in [-0.05, 0) is 23.6 Å². The number of halogens is 1. The number of rotatable bonds is 2. The second-order valence-electron chi connectivity index (χ2n) is 3.69. The molecule has 1 aromatic carbocycles. The lowest BCUT2D eigenvalue weighted by atomic mass is 10.2. The molecule has 0 atom stereocenters. The molecule has 6 heteroatoms. The van der Waals surface area contributed by atoms with Crippen LogP contribution in [0.2, 0.25) is 5.02 Å². The number of para-hydroxylation sites is 1. The predicted octanol–water partition coefficient (Wildman–Crippen LogP) is 3.64. The first-order chi connectivity index (χ1) is 8.66. The Hall–Kier alpha value is -1.85. The zero-order chi connectivity index (χ0) is 12.7. The third-order valence-electron chi connectivity index (χ3n) is 2.58. The van der Waals surface area contributed by atoms with E-state index in [1.807, 2.05) is 5.38 Å². The van der Waals surface area contributed by atoms with E-state index in [2.05, 4.69) is 9.97 Å². The number of hydrogen-bond acceptors (Lipinski definition) is 3. The molecule has 0 aliphatic rings. The van der Waals surface area contributed by atoms with Crippen LogP contribution in [0.3, 0.4) is 0 Å². The summed E-state index contributed by atoms with van der Waals surface area (Å²) in [4.78, 5) is 19.3. The summed E-state index contributed by atoms with van der Waals surface area (Å²) >= 11 is 7.50. The molecular weight excluding hydrogens is 272 g/mol. The van der Waals surface area contributed by atoms with Gasteiger partial charge in [0.15, 0.2) is 0 Å². The summed E-state index contributed by atoms with van der Waals surface area (Å²) in [5, 5.41) is 11.6. The van der Waals surface area contributed by atoms with E-state index in [0.29, 0.717) is 21.9 Å². The lowest BCUT2D eigenvalue weighted by molar-refractivity contribution is 0.0699. The van der Waals surface area contributed by atoms with E-state index in [4.69, 9.17) is 16.7 Å². The highest BCUT2D eigenvalue weighted by Gasteiger charge is 2.15. The van der Waals surface area contributed by atoms with Crippen molar-refractivity contribution in [2.24, 2.45) is 0 Å². The Morgan fingerprint density at radius 1 is 1.39 bits per heavy atom. The first-order valence-corrected chi connectivity index (χ1v) is 6.38. The Morgan fingerprint density at radius 3 is 2.89 bits per heavy atom. The van der Waals surface area contributed by atoms with Crippen molar-refractivity contribution in [1.29, 1.82) is 0 Å². The lowest BCUT2D eigenvalue weighted by Crippen LogP contribution is -1.96. The highest BCUT2D eigenvalue weighted by Crippen LogP contribution is 2.32. The Labute approximate surface area is 111 Å². The Morgan fingerprint density at radius 2 is 2.22 bits per heavy atom. The number of aromatic carboxylic acids is 1. The summed E-state index contributed by atoms with van der Waals surface area (Å²) in [6.45, 7) is 0. The minimum Gasteiger partial charge on any atom is -0.478 e. The molecule has 18 heavy (non-hydrogen) atoms. The van der Waals surface area contributed by atoms with Gasteiger partial charge in [0.2, 0.25) is 0 Å². The molecule has 0 saturated carbocycles. The largest absolute Gasteiger partial charge is 0.478 e. The van der Waals surface area contributed by atoms with Gasteiger partial charge >= 0.3 is 5.97 Å². The molecule has 2 aromatic heterocycles. The molecule has 90 valence electrons. The van der Waals surface area contributed by atoms with Crippen LogP contribution in [0.25, 0.3) is 21.7 Å². The van der Waals surface area contributed by atoms with Crippen molar-refractivity contribution in [3.8, 4) is 10.7 Å². The number of imidazole rings is 1. The third kappa shape index (κ3) is 1.68. The summed E-state index contributed by atoms with van der Waals surface area (Å²) in [5.74, 6) is -0.394. The zero-order valence-corrected chi connectivity index (χ0v) is 10.5. The average molecular weight is 279 g/mol. The number of carboxylic acid groups (broad SMARTS) is 1. The Bertz CT molecular complexity index is 747. The fraction of sp³-hybridized carbons (Fsp3) is 0. The molecule has 0 bridgehead atoms. The molecule has 0 amide bonds. The number of nitrogens with one attached hydrogen (secondary N) is 1.